The second-order valence-electron chi connectivity index (χ2n) is 7.73. The van der Waals surface area contributed by atoms with Crippen LogP contribution in [0.3, 0.4) is 0 Å². The van der Waals surface area contributed by atoms with E-state index in [1.165, 1.54) is 12.1 Å². The molecule has 11 heteroatoms. The first-order valence-corrected chi connectivity index (χ1v) is 11.8. The summed E-state index contributed by atoms with van der Waals surface area (Å²) in [6.07, 6.45) is -4.60. The minimum absolute atomic E-state index is 0.0252. The Kier molecular flexibility index (Phi) is 9.67. The number of anilines is 2. The van der Waals surface area contributed by atoms with Crippen LogP contribution in [0.15, 0.2) is 77.3 Å². The van der Waals surface area contributed by atoms with Crippen molar-refractivity contribution < 1.29 is 37.0 Å². The van der Waals surface area contributed by atoms with Gasteiger partial charge in [0, 0.05) is 23.0 Å². The fourth-order valence-electron chi connectivity index (χ4n) is 3.11. The number of carbonyl (C=O) groups is 3. The zero-order valence-electron chi connectivity index (χ0n) is 19.3. The molecule has 0 spiro atoms. The van der Waals surface area contributed by atoms with E-state index < -0.39 is 35.9 Å². The van der Waals surface area contributed by atoms with Crippen molar-refractivity contribution >= 4 is 45.1 Å². The highest BCUT2D eigenvalue weighted by molar-refractivity contribution is 9.10. The molecule has 2 amide bonds. The Bertz CT molecular complexity index is 1230. The highest BCUT2D eigenvalue weighted by Crippen LogP contribution is 2.34. The summed E-state index contributed by atoms with van der Waals surface area (Å²) in [6.45, 7) is -0.744. The monoisotopic (exact) mass is 578 g/mol. The molecule has 2 N–H and O–H groups in total. The van der Waals surface area contributed by atoms with Gasteiger partial charge in [0.25, 0.3) is 5.91 Å². The van der Waals surface area contributed by atoms with Crippen molar-refractivity contribution in [2.75, 3.05) is 17.2 Å². The Labute approximate surface area is 219 Å². The lowest BCUT2D eigenvalue weighted by molar-refractivity contribution is -0.147. The minimum Gasteiger partial charge on any atom is -0.457 e. The van der Waals surface area contributed by atoms with E-state index in [-0.39, 0.29) is 25.2 Å². The van der Waals surface area contributed by atoms with E-state index in [2.05, 4.69) is 26.6 Å². The number of carbonyl (C=O) groups excluding carboxylic acids is 3. The predicted octanol–water partition coefficient (Wildman–Crippen LogP) is 6.55. The van der Waals surface area contributed by atoms with Crippen molar-refractivity contribution in [1.82, 2.24) is 0 Å². The summed E-state index contributed by atoms with van der Waals surface area (Å²) in [5.74, 6) is -0.725. The van der Waals surface area contributed by atoms with Gasteiger partial charge in [0.1, 0.15) is 11.5 Å². The number of hydrogen-bond donors (Lipinski definition) is 2. The molecule has 0 heterocycles. The molecule has 0 atom stereocenters. The van der Waals surface area contributed by atoms with E-state index >= 15 is 0 Å². The SMILES string of the molecule is O=C(CCCC(=O)OCC(=O)Nc1ccccc1C(F)(F)F)Nc1ccc(Oc2ccc(Br)cc2)cc1. The topological polar surface area (TPSA) is 93.7 Å². The maximum atomic E-state index is 13.0. The molecule has 194 valence electrons. The van der Waals surface area contributed by atoms with E-state index in [0.717, 1.165) is 16.6 Å². The highest BCUT2D eigenvalue weighted by atomic mass is 79.9. The van der Waals surface area contributed by atoms with Crippen molar-refractivity contribution in [2.45, 2.75) is 25.4 Å². The quantitative estimate of drug-likeness (QED) is 0.266. The molecule has 0 aliphatic carbocycles. The van der Waals surface area contributed by atoms with Gasteiger partial charge in [0.2, 0.25) is 5.91 Å². The third kappa shape index (κ3) is 9.26. The molecule has 0 unspecified atom stereocenters. The summed E-state index contributed by atoms with van der Waals surface area (Å²) in [5, 5.41) is 4.78. The summed E-state index contributed by atoms with van der Waals surface area (Å²) in [7, 11) is 0. The van der Waals surface area contributed by atoms with Crippen LogP contribution in [0.25, 0.3) is 0 Å². The first-order valence-electron chi connectivity index (χ1n) is 11.1. The van der Waals surface area contributed by atoms with Crippen LogP contribution in [0.5, 0.6) is 11.5 Å². The van der Waals surface area contributed by atoms with Gasteiger partial charge in [-0.1, -0.05) is 28.1 Å². The molecule has 0 aromatic heterocycles. The van der Waals surface area contributed by atoms with Crippen LogP contribution in [0.1, 0.15) is 24.8 Å². The normalized spacial score (nSPS) is 10.9. The second-order valence-corrected chi connectivity index (χ2v) is 8.65. The number of esters is 1. The zero-order valence-corrected chi connectivity index (χ0v) is 20.9. The average Bonchev–Trinajstić information content (AvgIpc) is 2.85. The van der Waals surface area contributed by atoms with Crippen molar-refractivity contribution in [2.24, 2.45) is 0 Å². The second kappa shape index (κ2) is 12.9. The van der Waals surface area contributed by atoms with Crippen LogP contribution in [0.2, 0.25) is 0 Å². The summed E-state index contributed by atoms with van der Waals surface area (Å²) in [5.41, 5.74) is -0.889. The molecule has 0 aliphatic heterocycles. The van der Waals surface area contributed by atoms with Crippen molar-refractivity contribution in [1.29, 1.82) is 0 Å². The maximum Gasteiger partial charge on any atom is 0.418 e. The molecule has 7 nitrogen and oxygen atoms in total. The molecule has 3 rings (SSSR count). The maximum absolute atomic E-state index is 13.0. The smallest absolute Gasteiger partial charge is 0.418 e. The Morgan fingerprint density at radius 1 is 0.784 bits per heavy atom. The van der Waals surface area contributed by atoms with E-state index in [1.54, 1.807) is 24.3 Å². The highest BCUT2D eigenvalue weighted by Gasteiger charge is 2.33. The first-order chi connectivity index (χ1) is 17.6. The number of ether oxygens (including phenoxy) is 2. The first kappa shape index (κ1) is 27.7. The van der Waals surface area contributed by atoms with Crippen molar-refractivity contribution in [3.63, 3.8) is 0 Å². The number of alkyl halides is 3. The lowest BCUT2D eigenvalue weighted by atomic mass is 10.1. The number of halogens is 4. The van der Waals surface area contributed by atoms with Gasteiger partial charge in [-0.15, -0.1) is 0 Å². The molecule has 3 aromatic carbocycles. The number of nitrogens with one attached hydrogen (secondary N) is 2. The van der Waals surface area contributed by atoms with Crippen molar-refractivity contribution in [3.05, 3.63) is 82.8 Å². The number of amides is 2. The van der Waals surface area contributed by atoms with Gasteiger partial charge < -0.3 is 20.1 Å². The zero-order chi connectivity index (χ0) is 26.8. The molecule has 0 bridgehead atoms. The van der Waals surface area contributed by atoms with Gasteiger partial charge in [-0.2, -0.15) is 13.2 Å². The van der Waals surface area contributed by atoms with Crippen LogP contribution in [0, 0.1) is 0 Å². The Morgan fingerprint density at radius 2 is 1.41 bits per heavy atom. The summed E-state index contributed by atoms with van der Waals surface area (Å²) in [4.78, 5) is 35.9. The van der Waals surface area contributed by atoms with E-state index in [1.807, 2.05) is 24.3 Å². The van der Waals surface area contributed by atoms with Crippen LogP contribution >= 0.6 is 15.9 Å². The predicted molar refractivity (Wildman–Crippen MR) is 134 cm³/mol. The molecule has 0 saturated carbocycles. The van der Waals surface area contributed by atoms with Gasteiger partial charge in [0.15, 0.2) is 6.61 Å². The van der Waals surface area contributed by atoms with Crippen molar-refractivity contribution in [3.8, 4) is 11.5 Å². The number of para-hydroxylation sites is 1. The standard InChI is InChI=1S/C26H22BrF3N2O5/c27-17-8-12-19(13-9-17)37-20-14-10-18(11-15-20)31-23(33)6-3-7-25(35)36-16-24(34)32-22-5-2-1-4-21(22)26(28,29)30/h1-2,4-5,8-15H,3,6-7,16H2,(H,31,33)(H,32,34). The Morgan fingerprint density at radius 3 is 2.05 bits per heavy atom. The van der Waals surface area contributed by atoms with Crippen LogP contribution in [0.4, 0.5) is 24.5 Å². The van der Waals surface area contributed by atoms with E-state index in [0.29, 0.717) is 17.2 Å². The van der Waals surface area contributed by atoms with E-state index in [4.69, 9.17) is 9.47 Å². The fraction of sp³-hybridized carbons (Fsp3) is 0.192. The molecular weight excluding hydrogens is 557 g/mol. The van der Waals surface area contributed by atoms with Gasteiger partial charge in [0.05, 0.1) is 11.3 Å². The largest absolute Gasteiger partial charge is 0.457 e. The van der Waals surface area contributed by atoms with Crippen LogP contribution < -0.4 is 15.4 Å². The molecule has 0 saturated heterocycles. The van der Waals surface area contributed by atoms with Gasteiger partial charge >= 0.3 is 12.1 Å². The summed E-state index contributed by atoms with van der Waals surface area (Å²) in [6, 6.07) is 18.6. The number of rotatable bonds is 10. The average molecular weight is 579 g/mol. The molecule has 3 aromatic rings. The van der Waals surface area contributed by atoms with Crippen LogP contribution in [-0.4, -0.2) is 24.4 Å². The van der Waals surface area contributed by atoms with Gasteiger partial charge in [-0.25, -0.2) is 0 Å². The third-order valence-electron chi connectivity index (χ3n) is 4.84. The third-order valence-corrected chi connectivity index (χ3v) is 5.37. The molecule has 37 heavy (non-hydrogen) atoms. The molecular formula is C26H22BrF3N2O5. The van der Waals surface area contributed by atoms with Gasteiger partial charge in [-0.05, 0) is 67.1 Å². The Balaban J connectivity index is 1.35. The summed E-state index contributed by atoms with van der Waals surface area (Å²) >= 11 is 3.35. The molecule has 0 radical (unpaired) electrons. The fourth-order valence-corrected chi connectivity index (χ4v) is 3.37. The lowest BCUT2D eigenvalue weighted by Gasteiger charge is -2.13. The van der Waals surface area contributed by atoms with E-state index in [9.17, 15) is 27.6 Å². The number of benzene rings is 3. The lowest BCUT2D eigenvalue weighted by Crippen LogP contribution is -2.22. The van der Waals surface area contributed by atoms with Gasteiger partial charge in [-0.3, -0.25) is 14.4 Å². The minimum atomic E-state index is -4.64. The number of hydrogen-bond acceptors (Lipinski definition) is 5. The molecule has 0 fully saturated rings. The molecule has 0 aliphatic rings. The Hall–Kier alpha value is -3.86. The summed E-state index contributed by atoms with van der Waals surface area (Å²) < 4.78 is 50.4. The van der Waals surface area contributed by atoms with Crippen LogP contribution in [-0.2, 0) is 25.3 Å².